The minimum absolute atomic E-state index is 0.0637. The molecular formula is C25H33ClN6O2S. The quantitative estimate of drug-likeness (QED) is 0.560. The first kappa shape index (κ1) is 24.5. The number of aromatic nitrogens is 2. The Kier molecular flexibility index (Phi) is 7.87. The summed E-state index contributed by atoms with van der Waals surface area (Å²) in [4.78, 5) is 14.2. The number of nitrogens with zero attached hydrogens (tertiary/aromatic N) is 4. The van der Waals surface area contributed by atoms with E-state index in [1.165, 1.54) is 18.4 Å². The highest BCUT2D eigenvalue weighted by molar-refractivity contribution is 7.80. The van der Waals surface area contributed by atoms with E-state index in [2.05, 4.69) is 38.6 Å². The summed E-state index contributed by atoms with van der Waals surface area (Å²) in [6.07, 6.45) is 4.23. The lowest BCUT2D eigenvalue weighted by molar-refractivity contribution is 0.0515. The number of rotatable bonds is 6. The number of thiocarbonyl (C=S) groups is 1. The van der Waals surface area contributed by atoms with Gasteiger partial charge in [-0.15, -0.1) is 0 Å². The Morgan fingerprint density at radius 1 is 0.914 bits per heavy atom. The van der Waals surface area contributed by atoms with E-state index in [0.29, 0.717) is 30.8 Å². The fourth-order valence-corrected chi connectivity index (χ4v) is 5.36. The molecule has 0 spiro atoms. The summed E-state index contributed by atoms with van der Waals surface area (Å²) in [5.41, 5.74) is 1.19. The summed E-state index contributed by atoms with van der Waals surface area (Å²) in [6, 6.07) is 10.2. The van der Waals surface area contributed by atoms with Crippen molar-refractivity contribution >= 4 is 46.5 Å². The zero-order valence-electron chi connectivity index (χ0n) is 20.0. The molecule has 3 saturated heterocycles. The van der Waals surface area contributed by atoms with Crippen LogP contribution < -0.4 is 20.4 Å². The van der Waals surface area contributed by atoms with E-state index in [1.807, 2.05) is 12.1 Å². The fraction of sp³-hybridized carbons (Fsp3) is 0.560. The summed E-state index contributed by atoms with van der Waals surface area (Å²) in [5.74, 6) is 2.39. The molecule has 8 nitrogen and oxygen atoms in total. The average molecular weight is 517 g/mol. The molecule has 0 aliphatic carbocycles. The SMILES string of the molecule is S=C(NCC1(c2ccc(Cl)cc2)CCOCC1)Nc1nc(N2CCCC2)cc(N2CCOCC2)n1. The topological polar surface area (TPSA) is 74.8 Å². The Morgan fingerprint density at radius 2 is 1.51 bits per heavy atom. The lowest BCUT2D eigenvalue weighted by Gasteiger charge is -2.38. The number of anilines is 3. The number of morpholine rings is 1. The molecule has 0 unspecified atom stereocenters. The van der Waals surface area contributed by atoms with Gasteiger partial charge in [0.15, 0.2) is 5.11 Å². The molecule has 188 valence electrons. The zero-order chi connectivity index (χ0) is 24.1. The molecule has 10 heteroatoms. The van der Waals surface area contributed by atoms with Crippen LogP contribution >= 0.6 is 23.8 Å². The third-order valence-corrected chi connectivity index (χ3v) is 7.68. The first-order valence-electron chi connectivity index (χ1n) is 12.5. The second kappa shape index (κ2) is 11.2. The predicted molar refractivity (Wildman–Crippen MR) is 144 cm³/mol. The third-order valence-electron chi connectivity index (χ3n) is 7.18. The molecule has 1 aromatic carbocycles. The van der Waals surface area contributed by atoms with Gasteiger partial charge in [0.2, 0.25) is 5.95 Å². The van der Waals surface area contributed by atoms with Crippen molar-refractivity contribution in [1.29, 1.82) is 0 Å². The van der Waals surface area contributed by atoms with E-state index in [-0.39, 0.29) is 5.41 Å². The van der Waals surface area contributed by atoms with Crippen LogP contribution in [-0.2, 0) is 14.9 Å². The van der Waals surface area contributed by atoms with E-state index in [9.17, 15) is 0 Å². The van der Waals surface area contributed by atoms with Crippen LogP contribution in [0.25, 0.3) is 0 Å². The molecule has 0 bridgehead atoms. The van der Waals surface area contributed by atoms with Crippen molar-refractivity contribution in [3.8, 4) is 0 Å². The molecular weight excluding hydrogens is 484 g/mol. The highest BCUT2D eigenvalue weighted by atomic mass is 35.5. The van der Waals surface area contributed by atoms with Gasteiger partial charge in [-0.1, -0.05) is 23.7 Å². The van der Waals surface area contributed by atoms with Crippen molar-refractivity contribution in [3.05, 3.63) is 40.9 Å². The van der Waals surface area contributed by atoms with Crippen LogP contribution in [0.1, 0.15) is 31.2 Å². The molecule has 3 aliphatic rings. The number of nitrogens with one attached hydrogen (secondary N) is 2. The maximum absolute atomic E-state index is 6.14. The van der Waals surface area contributed by atoms with Gasteiger partial charge in [0.25, 0.3) is 0 Å². The molecule has 1 aromatic heterocycles. The highest BCUT2D eigenvalue weighted by Crippen LogP contribution is 2.35. The lowest BCUT2D eigenvalue weighted by atomic mass is 9.74. The normalized spacial score (nSPS) is 20.0. The van der Waals surface area contributed by atoms with Gasteiger partial charge in [-0.05, 0) is 55.6 Å². The molecule has 0 radical (unpaired) electrons. The minimum Gasteiger partial charge on any atom is -0.381 e. The molecule has 0 amide bonds. The Balaban J connectivity index is 1.30. The van der Waals surface area contributed by atoms with Crippen LogP contribution in [-0.4, -0.2) is 74.2 Å². The van der Waals surface area contributed by atoms with Gasteiger partial charge in [0.05, 0.1) is 13.2 Å². The molecule has 2 aromatic rings. The second-order valence-corrected chi connectivity index (χ2v) is 10.3. The van der Waals surface area contributed by atoms with Gasteiger partial charge in [0, 0.05) is 62.4 Å². The van der Waals surface area contributed by atoms with Crippen molar-refractivity contribution in [2.45, 2.75) is 31.1 Å². The Morgan fingerprint density at radius 3 is 2.17 bits per heavy atom. The third kappa shape index (κ3) is 5.97. The van der Waals surface area contributed by atoms with Crippen molar-refractivity contribution in [2.75, 3.05) is 74.3 Å². The molecule has 35 heavy (non-hydrogen) atoms. The van der Waals surface area contributed by atoms with Gasteiger partial charge in [-0.3, -0.25) is 0 Å². The van der Waals surface area contributed by atoms with Crippen LogP contribution in [0.3, 0.4) is 0 Å². The van der Waals surface area contributed by atoms with E-state index in [4.69, 9.17) is 43.3 Å². The molecule has 3 fully saturated rings. The van der Waals surface area contributed by atoms with Gasteiger partial charge >= 0.3 is 0 Å². The Bertz CT molecular complexity index is 1010. The van der Waals surface area contributed by atoms with Crippen LogP contribution in [0.4, 0.5) is 17.6 Å². The van der Waals surface area contributed by atoms with E-state index >= 15 is 0 Å². The molecule has 4 heterocycles. The van der Waals surface area contributed by atoms with Crippen LogP contribution in [0.15, 0.2) is 30.3 Å². The molecule has 0 saturated carbocycles. The predicted octanol–water partition coefficient (Wildman–Crippen LogP) is 3.60. The van der Waals surface area contributed by atoms with E-state index in [0.717, 1.165) is 68.9 Å². The molecule has 3 aliphatic heterocycles. The van der Waals surface area contributed by atoms with Crippen LogP contribution in [0, 0.1) is 0 Å². The zero-order valence-corrected chi connectivity index (χ0v) is 21.5. The van der Waals surface area contributed by atoms with Gasteiger partial charge in [0.1, 0.15) is 11.6 Å². The Hall–Kier alpha value is -2.20. The van der Waals surface area contributed by atoms with Gasteiger partial charge in [-0.2, -0.15) is 9.97 Å². The van der Waals surface area contributed by atoms with Crippen molar-refractivity contribution < 1.29 is 9.47 Å². The number of benzene rings is 1. The minimum atomic E-state index is -0.0637. The summed E-state index contributed by atoms with van der Waals surface area (Å²) < 4.78 is 11.2. The summed E-state index contributed by atoms with van der Waals surface area (Å²) in [7, 11) is 0. The molecule has 5 rings (SSSR count). The van der Waals surface area contributed by atoms with E-state index < -0.39 is 0 Å². The smallest absolute Gasteiger partial charge is 0.232 e. The lowest BCUT2D eigenvalue weighted by Crippen LogP contribution is -2.45. The van der Waals surface area contributed by atoms with Crippen LogP contribution in [0.5, 0.6) is 0 Å². The monoisotopic (exact) mass is 516 g/mol. The van der Waals surface area contributed by atoms with Gasteiger partial charge < -0.3 is 29.9 Å². The Labute approximate surface area is 217 Å². The molecule has 0 atom stereocenters. The maximum Gasteiger partial charge on any atom is 0.232 e. The fourth-order valence-electron chi connectivity index (χ4n) is 5.07. The largest absolute Gasteiger partial charge is 0.381 e. The average Bonchev–Trinajstić information content (AvgIpc) is 3.44. The number of hydrogen-bond acceptors (Lipinski definition) is 7. The summed E-state index contributed by atoms with van der Waals surface area (Å²) in [6.45, 7) is 7.27. The first-order chi connectivity index (χ1) is 17.1. The van der Waals surface area contributed by atoms with Crippen molar-refractivity contribution in [2.24, 2.45) is 0 Å². The van der Waals surface area contributed by atoms with Crippen molar-refractivity contribution in [3.63, 3.8) is 0 Å². The van der Waals surface area contributed by atoms with E-state index in [1.54, 1.807) is 0 Å². The maximum atomic E-state index is 6.14. The van der Waals surface area contributed by atoms with Gasteiger partial charge in [-0.25, -0.2) is 0 Å². The number of ether oxygens (including phenoxy) is 2. The summed E-state index contributed by atoms with van der Waals surface area (Å²) in [5, 5.41) is 7.98. The second-order valence-electron chi connectivity index (χ2n) is 9.41. The van der Waals surface area contributed by atoms with Crippen LogP contribution in [0.2, 0.25) is 5.02 Å². The number of halogens is 1. The standard InChI is InChI=1S/C25H33ClN6O2S/c26-20-5-3-19(4-6-20)25(7-13-33-14-8-25)18-27-24(35)30-23-28-21(31-9-1-2-10-31)17-22(29-23)32-11-15-34-16-12-32/h3-6,17H,1-2,7-16,18H2,(H2,27,28,29,30,35). The number of hydrogen-bond donors (Lipinski definition) is 2. The van der Waals surface area contributed by atoms with Crippen molar-refractivity contribution in [1.82, 2.24) is 15.3 Å². The molecule has 2 N–H and O–H groups in total. The summed E-state index contributed by atoms with van der Waals surface area (Å²) >= 11 is 11.8. The first-order valence-corrected chi connectivity index (χ1v) is 13.3. The highest BCUT2D eigenvalue weighted by Gasteiger charge is 2.34.